The van der Waals surface area contributed by atoms with E-state index in [1.807, 2.05) is 13.8 Å². The first-order valence-corrected chi connectivity index (χ1v) is 7.87. The van der Waals surface area contributed by atoms with E-state index < -0.39 is 21.2 Å². The van der Waals surface area contributed by atoms with E-state index in [9.17, 15) is 13.2 Å². The SMILES string of the molecule is CCC(C#N)S(=O)(=O)NCC(CC(=O)O)CC(C)C. The van der Waals surface area contributed by atoms with E-state index in [0.717, 1.165) is 0 Å². The molecule has 2 unspecified atom stereocenters. The van der Waals surface area contributed by atoms with Gasteiger partial charge in [-0.05, 0) is 24.7 Å². The number of carbonyl (C=O) groups is 1. The smallest absolute Gasteiger partial charge is 0.303 e. The summed E-state index contributed by atoms with van der Waals surface area (Å²) in [4.78, 5) is 10.7. The molecule has 0 fully saturated rings. The molecule has 0 aromatic rings. The molecule has 0 aliphatic rings. The molecule has 0 radical (unpaired) electrons. The molecule has 0 aliphatic heterocycles. The van der Waals surface area contributed by atoms with E-state index in [1.54, 1.807) is 13.0 Å². The summed E-state index contributed by atoms with van der Waals surface area (Å²) in [6, 6.07) is 1.73. The van der Waals surface area contributed by atoms with Crippen LogP contribution in [0.5, 0.6) is 0 Å². The number of nitrogens with zero attached hydrogens (tertiary/aromatic N) is 1. The minimum Gasteiger partial charge on any atom is -0.481 e. The van der Waals surface area contributed by atoms with Crippen molar-refractivity contribution in [1.82, 2.24) is 4.72 Å². The quantitative estimate of drug-likeness (QED) is 0.666. The Bertz CT molecular complexity index is 426. The van der Waals surface area contributed by atoms with Crippen LogP contribution in [0.1, 0.15) is 40.0 Å². The average molecular weight is 290 g/mol. The predicted molar refractivity (Wildman–Crippen MR) is 71.8 cm³/mol. The lowest BCUT2D eigenvalue weighted by molar-refractivity contribution is -0.138. The van der Waals surface area contributed by atoms with Crippen LogP contribution in [0.15, 0.2) is 0 Å². The molecule has 2 N–H and O–H groups in total. The number of nitrogens with one attached hydrogen (secondary N) is 1. The molecule has 2 atom stereocenters. The second-order valence-electron chi connectivity index (χ2n) is 5.01. The molecule has 110 valence electrons. The fraction of sp³-hybridized carbons (Fsp3) is 0.833. The summed E-state index contributed by atoms with van der Waals surface area (Å²) in [5.41, 5.74) is 0. The van der Waals surface area contributed by atoms with Gasteiger partial charge in [0, 0.05) is 13.0 Å². The number of sulfonamides is 1. The van der Waals surface area contributed by atoms with Crippen LogP contribution in [-0.4, -0.2) is 31.3 Å². The molecule has 7 heteroatoms. The molecule has 0 aliphatic carbocycles. The number of aliphatic carboxylic acids is 1. The van der Waals surface area contributed by atoms with Gasteiger partial charge in [0.05, 0.1) is 6.07 Å². The molecule has 0 aromatic carbocycles. The normalized spacial score (nSPS) is 14.9. The molecule has 0 heterocycles. The molecule has 0 saturated heterocycles. The standard InChI is InChI=1S/C12H22N2O4S/c1-4-11(7-13)19(17,18)14-8-10(5-9(2)3)6-12(15)16/h9-11,14H,4-6,8H2,1-3H3,(H,15,16). The van der Waals surface area contributed by atoms with Crippen molar-refractivity contribution in [3.8, 4) is 6.07 Å². The van der Waals surface area contributed by atoms with Gasteiger partial charge in [-0.25, -0.2) is 13.1 Å². The lowest BCUT2D eigenvalue weighted by atomic mass is 9.94. The van der Waals surface area contributed by atoms with E-state index in [2.05, 4.69) is 4.72 Å². The highest BCUT2D eigenvalue weighted by Crippen LogP contribution is 2.15. The first-order valence-electron chi connectivity index (χ1n) is 6.32. The van der Waals surface area contributed by atoms with Crippen molar-refractivity contribution in [3.63, 3.8) is 0 Å². The Kier molecular flexibility index (Phi) is 7.64. The summed E-state index contributed by atoms with van der Waals surface area (Å²) < 4.78 is 25.9. The van der Waals surface area contributed by atoms with E-state index in [1.165, 1.54) is 0 Å². The van der Waals surface area contributed by atoms with Crippen molar-refractivity contribution in [2.45, 2.75) is 45.3 Å². The van der Waals surface area contributed by atoms with Crippen molar-refractivity contribution < 1.29 is 18.3 Å². The highest BCUT2D eigenvalue weighted by atomic mass is 32.2. The lowest BCUT2D eigenvalue weighted by Crippen LogP contribution is -2.37. The monoisotopic (exact) mass is 290 g/mol. The molecule has 0 saturated carbocycles. The fourth-order valence-electron chi connectivity index (χ4n) is 1.87. The first kappa shape index (κ1) is 17.9. The van der Waals surface area contributed by atoms with Crippen molar-refractivity contribution in [2.75, 3.05) is 6.54 Å². The van der Waals surface area contributed by atoms with Crippen LogP contribution in [0.2, 0.25) is 0 Å². The number of nitriles is 1. The van der Waals surface area contributed by atoms with Crippen LogP contribution in [0.25, 0.3) is 0 Å². The maximum absolute atomic E-state index is 11.8. The molecule has 6 nitrogen and oxygen atoms in total. The number of carboxylic acids is 1. The van der Waals surface area contributed by atoms with E-state index in [4.69, 9.17) is 10.4 Å². The summed E-state index contributed by atoms with van der Waals surface area (Å²) in [5, 5.41) is 16.5. The van der Waals surface area contributed by atoms with Gasteiger partial charge in [-0.3, -0.25) is 4.79 Å². The van der Waals surface area contributed by atoms with E-state index >= 15 is 0 Å². The summed E-state index contributed by atoms with van der Waals surface area (Å²) >= 11 is 0. The third kappa shape index (κ3) is 7.13. The second kappa shape index (κ2) is 8.12. The molecular formula is C12H22N2O4S. The van der Waals surface area contributed by atoms with Crippen LogP contribution in [-0.2, 0) is 14.8 Å². The molecule has 19 heavy (non-hydrogen) atoms. The van der Waals surface area contributed by atoms with Crippen LogP contribution in [0, 0.1) is 23.2 Å². The molecule has 0 rings (SSSR count). The fourth-order valence-corrected chi connectivity index (χ4v) is 3.11. The number of rotatable bonds is 9. The van der Waals surface area contributed by atoms with Crippen molar-refractivity contribution in [3.05, 3.63) is 0 Å². The molecule has 0 amide bonds. The van der Waals surface area contributed by atoms with Crippen LogP contribution in [0.4, 0.5) is 0 Å². The summed E-state index contributed by atoms with van der Waals surface area (Å²) in [7, 11) is -3.69. The molecule has 0 bridgehead atoms. The van der Waals surface area contributed by atoms with Gasteiger partial charge in [0.1, 0.15) is 0 Å². The van der Waals surface area contributed by atoms with Crippen LogP contribution < -0.4 is 4.72 Å². The summed E-state index contributed by atoms with van der Waals surface area (Å²) in [6.45, 7) is 5.59. The third-order valence-electron chi connectivity index (χ3n) is 2.73. The van der Waals surface area contributed by atoms with Gasteiger partial charge in [-0.15, -0.1) is 0 Å². The number of hydrogen-bond donors (Lipinski definition) is 2. The highest BCUT2D eigenvalue weighted by Gasteiger charge is 2.25. The van der Waals surface area contributed by atoms with E-state index in [0.29, 0.717) is 6.42 Å². The van der Waals surface area contributed by atoms with Gasteiger partial charge in [0.25, 0.3) is 0 Å². The van der Waals surface area contributed by atoms with Crippen molar-refractivity contribution in [2.24, 2.45) is 11.8 Å². The number of carboxylic acid groups (broad SMARTS) is 1. The van der Waals surface area contributed by atoms with Crippen LogP contribution in [0.3, 0.4) is 0 Å². The average Bonchev–Trinajstić information content (AvgIpc) is 2.26. The zero-order chi connectivity index (χ0) is 15.1. The maximum Gasteiger partial charge on any atom is 0.303 e. The Morgan fingerprint density at radius 3 is 2.37 bits per heavy atom. The minimum absolute atomic E-state index is 0.0605. The van der Waals surface area contributed by atoms with E-state index in [-0.39, 0.29) is 31.2 Å². The number of hydrogen-bond acceptors (Lipinski definition) is 4. The first-order chi connectivity index (χ1) is 8.72. The van der Waals surface area contributed by atoms with Crippen molar-refractivity contribution in [1.29, 1.82) is 5.26 Å². The Morgan fingerprint density at radius 1 is 1.42 bits per heavy atom. The third-order valence-corrected chi connectivity index (χ3v) is 4.49. The summed E-state index contributed by atoms with van der Waals surface area (Å²) in [6.07, 6.45) is 0.752. The molecule has 0 spiro atoms. The maximum atomic E-state index is 11.8. The molecule has 0 aromatic heterocycles. The summed E-state index contributed by atoms with van der Waals surface area (Å²) in [5.74, 6) is -0.924. The Morgan fingerprint density at radius 2 is 2.00 bits per heavy atom. The predicted octanol–water partition coefficient (Wildman–Crippen LogP) is 1.34. The topological polar surface area (TPSA) is 107 Å². The lowest BCUT2D eigenvalue weighted by Gasteiger charge is -2.18. The van der Waals surface area contributed by atoms with Gasteiger partial charge in [-0.2, -0.15) is 5.26 Å². The largest absolute Gasteiger partial charge is 0.481 e. The van der Waals surface area contributed by atoms with Gasteiger partial charge in [0.15, 0.2) is 5.25 Å². The van der Waals surface area contributed by atoms with Gasteiger partial charge in [0.2, 0.25) is 10.0 Å². The minimum atomic E-state index is -3.69. The Labute approximate surface area is 114 Å². The van der Waals surface area contributed by atoms with Crippen LogP contribution >= 0.6 is 0 Å². The zero-order valence-electron chi connectivity index (χ0n) is 11.6. The van der Waals surface area contributed by atoms with Gasteiger partial charge < -0.3 is 5.11 Å². The highest BCUT2D eigenvalue weighted by molar-refractivity contribution is 7.90. The molecular weight excluding hydrogens is 268 g/mol. The Hall–Kier alpha value is -1.13. The Balaban J connectivity index is 4.62. The zero-order valence-corrected chi connectivity index (χ0v) is 12.4. The van der Waals surface area contributed by atoms with Gasteiger partial charge in [-0.1, -0.05) is 20.8 Å². The van der Waals surface area contributed by atoms with Crippen molar-refractivity contribution >= 4 is 16.0 Å². The van der Waals surface area contributed by atoms with Gasteiger partial charge >= 0.3 is 5.97 Å². The second-order valence-corrected chi connectivity index (χ2v) is 6.96.